The Kier molecular flexibility index (Phi) is 9.32. The first-order chi connectivity index (χ1) is 22.1. The van der Waals surface area contributed by atoms with Gasteiger partial charge >= 0.3 is 12.3 Å². The predicted molar refractivity (Wildman–Crippen MR) is 168 cm³/mol. The normalized spacial score (nSPS) is 22.8. The molecule has 0 bridgehead atoms. The number of aryl methyl sites for hydroxylation is 1. The number of halogens is 4. The number of likely N-dealkylation sites (tertiary alicyclic amines) is 1. The summed E-state index contributed by atoms with van der Waals surface area (Å²) in [5.41, 5.74) is 0.660. The Balaban J connectivity index is 1.19. The van der Waals surface area contributed by atoms with Crippen LogP contribution in [0.3, 0.4) is 0 Å². The van der Waals surface area contributed by atoms with E-state index in [4.69, 9.17) is 4.74 Å². The van der Waals surface area contributed by atoms with E-state index >= 15 is 0 Å². The van der Waals surface area contributed by atoms with E-state index in [-0.39, 0.29) is 23.8 Å². The average molecular weight is 642 g/mol. The van der Waals surface area contributed by atoms with E-state index in [1.54, 1.807) is 37.5 Å². The third-order valence-corrected chi connectivity index (χ3v) is 10.6. The van der Waals surface area contributed by atoms with Crippen molar-refractivity contribution >= 4 is 11.8 Å². The molecule has 2 aromatic carbocycles. The summed E-state index contributed by atoms with van der Waals surface area (Å²) < 4.78 is 62.1. The van der Waals surface area contributed by atoms with Crippen LogP contribution in [0.5, 0.6) is 0 Å². The highest BCUT2D eigenvalue weighted by molar-refractivity contribution is 5.67. The van der Waals surface area contributed by atoms with Crippen molar-refractivity contribution in [1.82, 2.24) is 19.8 Å². The number of ether oxygens (including phenoxy) is 1. The minimum Gasteiger partial charge on any atom is -0.446 e. The Hall–Kier alpha value is -3.60. The molecule has 2 saturated heterocycles. The molecule has 1 aliphatic carbocycles. The number of benzene rings is 2. The largest absolute Gasteiger partial charge is 0.446 e. The Labute approximate surface area is 267 Å². The van der Waals surface area contributed by atoms with E-state index in [2.05, 4.69) is 24.7 Å². The highest BCUT2D eigenvalue weighted by Crippen LogP contribution is 2.52. The average Bonchev–Trinajstić information content (AvgIpc) is 3.65. The first-order valence-corrected chi connectivity index (χ1v) is 16.3. The van der Waals surface area contributed by atoms with Gasteiger partial charge in [-0.05, 0) is 100.0 Å². The minimum atomic E-state index is -4.33. The molecule has 2 aliphatic heterocycles. The Bertz CT molecular complexity index is 1480. The molecule has 0 spiro atoms. The molecule has 1 amide bonds. The van der Waals surface area contributed by atoms with Crippen LogP contribution in [-0.4, -0.2) is 66.4 Å². The topological polar surface area (TPSA) is 62.6 Å². The summed E-state index contributed by atoms with van der Waals surface area (Å²) >= 11 is 0. The Morgan fingerprint density at radius 1 is 1.02 bits per heavy atom. The molecule has 46 heavy (non-hydrogen) atoms. The number of hydrogen-bond donors (Lipinski definition) is 1. The van der Waals surface area contributed by atoms with Gasteiger partial charge in [0, 0.05) is 68.6 Å². The van der Waals surface area contributed by atoms with Crippen molar-refractivity contribution in [1.29, 1.82) is 0 Å². The number of anilines is 1. The van der Waals surface area contributed by atoms with E-state index in [0.29, 0.717) is 12.5 Å². The lowest BCUT2D eigenvalue weighted by atomic mass is 9.58. The first kappa shape index (κ1) is 32.3. The molecule has 1 aromatic heterocycles. The number of amides is 1. The summed E-state index contributed by atoms with van der Waals surface area (Å²) in [5, 5.41) is 2.61. The van der Waals surface area contributed by atoms with Gasteiger partial charge in [0.1, 0.15) is 17.7 Å². The lowest BCUT2D eigenvalue weighted by molar-refractivity contribution is -0.137. The van der Waals surface area contributed by atoms with Crippen LogP contribution < -0.4 is 10.2 Å². The molecule has 3 fully saturated rings. The van der Waals surface area contributed by atoms with Gasteiger partial charge in [-0.25, -0.2) is 14.2 Å². The third-order valence-electron chi connectivity index (χ3n) is 10.6. The van der Waals surface area contributed by atoms with E-state index in [1.807, 2.05) is 19.2 Å². The van der Waals surface area contributed by atoms with Crippen LogP contribution in [0, 0.1) is 30.5 Å². The van der Waals surface area contributed by atoms with Crippen molar-refractivity contribution < 1.29 is 27.1 Å². The van der Waals surface area contributed by atoms with Gasteiger partial charge in [0.2, 0.25) is 0 Å². The van der Waals surface area contributed by atoms with E-state index < -0.39 is 23.2 Å². The van der Waals surface area contributed by atoms with Crippen LogP contribution in [0.15, 0.2) is 60.9 Å². The lowest BCUT2D eigenvalue weighted by Crippen LogP contribution is -2.55. The van der Waals surface area contributed by atoms with Gasteiger partial charge in [-0.3, -0.25) is 0 Å². The maximum Gasteiger partial charge on any atom is 0.416 e. The van der Waals surface area contributed by atoms with Crippen molar-refractivity contribution in [3.63, 3.8) is 0 Å². The predicted octanol–water partition coefficient (Wildman–Crippen LogP) is 6.66. The van der Waals surface area contributed by atoms with E-state index in [0.717, 1.165) is 94.0 Å². The van der Waals surface area contributed by atoms with Gasteiger partial charge in [-0.1, -0.05) is 12.1 Å². The number of imidazole rings is 1. The van der Waals surface area contributed by atoms with Crippen LogP contribution in [0.25, 0.3) is 0 Å². The van der Waals surface area contributed by atoms with Gasteiger partial charge < -0.3 is 24.4 Å². The summed E-state index contributed by atoms with van der Waals surface area (Å²) in [6.45, 7) is 6.97. The molecule has 3 atom stereocenters. The molecular weight excluding hydrogens is 598 g/mol. The van der Waals surface area contributed by atoms with Crippen molar-refractivity contribution in [2.45, 2.75) is 63.3 Å². The molecule has 0 radical (unpaired) electrons. The van der Waals surface area contributed by atoms with E-state index in [9.17, 15) is 22.4 Å². The molecule has 7 nitrogen and oxygen atoms in total. The summed E-state index contributed by atoms with van der Waals surface area (Å²) in [7, 11) is 1.57. The maximum atomic E-state index is 15.0. The van der Waals surface area contributed by atoms with Gasteiger partial charge in [0.05, 0.1) is 5.56 Å². The van der Waals surface area contributed by atoms with Crippen molar-refractivity contribution in [2.24, 2.45) is 17.8 Å². The van der Waals surface area contributed by atoms with Crippen LogP contribution in [0.2, 0.25) is 0 Å². The summed E-state index contributed by atoms with van der Waals surface area (Å²) in [6.07, 6.45) is 3.16. The molecular formula is C35H43F4N5O2. The van der Waals surface area contributed by atoms with Crippen molar-refractivity contribution in [3.05, 3.63) is 83.7 Å². The molecule has 3 aliphatic rings. The molecule has 0 unspecified atom stereocenters. The molecule has 3 aromatic rings. The molecule has 6 rings (SSSR count). The highest BCUT2D eigenvalue weighted by Gasteiger charge is 2.53. The van der Waals surface area contributed by atoms with Crippen LogP contribution in [0.4, 0.5) is 28.0 Å². The fourth-order valence-electron chi connectivity index (χ4n) is 8.33. The number of nitrogens with zero attached hydrogens (tertiary/aromatic N) is 4. The van der Waals surface area contributed by atoms with Crippen LogP contribution >= 0.6 is 0 Å². The summed E-state index contributed by atoms with van der Waals surface area (Å²) in [5.74, 6) is 1.29. The maximum absolute atomic E-state index is 15.0. The smallest absolute Gasteiger partial charge is 0.416 e. The zero-order valence-electron chi connectivity index (χ0n) is 26.5. The quantitative estimate of drug-likeness (QED) is 0.265. The number of hydrogen-bond acceptors (Lipinski definition) is 5. The van der Waals surface area contributed by atoms with E-state index in [1.165, 1.54) is 6.07 Å². The number of alkyl carbamates (subject to hydrolysis) is 1. The van der Waals surface area contributed by atoms with Crippen LogP contribution in [-0.2, 0) is 22.9 Å². The SMILES string of the molecule is CNC(=O)O[C@H]1CCC[C@@H]1[C@](Cn1ccnc1C)(c1cccc(F)c1)C1CCN(CC2CN(c3ccc(C(F)(F)F)cc3)C2)CC1. The third kappa shape index (κ3) is 6.61. The number of alkyl halides is 3. The standard InChI is InChI=1S/C35H43F4N5O2/c1-24-41-15-18-43(24)23-34(28-5-3-6-29(36)19-28,31-7-4-8-32(31)46-33(45)40-2)26-13-16-42(17-14-26)20-25-21-44(22-25)30-11-9-27(10-12-30)35(37,38)39/h3,5-6,9-12,15,18-19,25-26,31-32H,4,7-8,13-14,16-17,20-23H2,1-2H3,(H,40,45)/t31-,32-,34-/m0/s1. The van der Waals surface area contributed by atoms with Gasteiger partial charge in [-0.2, -0.15) is 13.2 Å². The van der Waals surface area contributed by atoms with Crippen molar-refractivity contribution in [2.75, 3.05) is 44.7 Å². The summed E-state index contributed by atoms with van der Waals surface area (Å²) in [6, 6.07) is 12.4. The molecule has 3 heterocycles. The minimum absolute atomic E-state index is 0.00822. The van der Waals surface area contributed by atoms with Gasteiger partial charge in [-0.15, -0.1) is 0 Å². The molecule has 1 N–H and O–H groups in total. The monoisotopic (exact) mass is 641 g/mol. The Morgan fingerprint density at radius 3 is 2.39 bits per heavy atom. The number of nitrogens with one attached hydrogen (secondary N) is 1. The number of piperidine rings is 1. The zero-order valence-corrected chi connectivity index (χ0v) is 26.5. The Morgan fingerprint density at radius 2 is 1.76 bits per heavy atom. The number of carbonyl (C=O) groups excluding carboxylic acids is 1. The fourth-order valence-corrected chi connectivity index (χ4v) is 8.33. The number of rotatable bonds is 9. The summed E-state index contributed by atoms with van der Waals surface area (Å²) in [4.78, 5) is 21.6. The van der Waals surface area contributed by atoms with Gasteiger partial charge in [0.15, 0.2) is 0 Å². The van der Waals surface area contributed by atoms with Gasteiger partial charge in [0.25, 0.3) is 0 Å². The number of carbonyl (C=O) groups is 1. The molecule has 11 heteroatoms. The zero-order chi connectivity index (χ0) is 32.5. The lowest BCUT2D eigenvalue weighted by Gasteiger charge is -2.51. The second-order valence-electron chi connectivity index (χ2n) is 13.3. The molecule has 1 saturated carbocycles. The number of aromatic nitrogens is 2. The van der Waals surface area contributed by atoms with Crippen molar-refractivity contribution in [3.8, 4) is 0 Å². The second-order valence-corrected chi connectivity index (χ2v) is 13.3. The fraction of sp³-hybridized carbons (Fsp3) is 0.543. The second kappa shape index (κ2) is 13.3. The highest BCUT2D eigenvalue weighted by atomic mass is 19.4. The molecule has 248 valence electrons. The first-order valence-electron chi connectivity index (χ1n) is 16.3. The van der Waals surface area contributed by atoms with Crippen LogP contribution in [0.1, 0.15) is 49.1 Å².